The highest BCUT2D eigenvalue weighted by atomic mass is 16.3. The molecule has 2 atom stereocenters. The number of aliphatic hydroxyl groups excluding tert-OH is 1. The molecule has 1 aromatic rings. The van der Waals surface area contributed by atoms with Gasteiger partial charge in [-0.05, 0) is 36.8 Å². The summed E-state index contributed by atoms with van der Waals surface area (Å²) in [4.78, 5) is 0. The second-order valence-electron chi connectivity index (χ2n) is 6.59. The van der Waals surface area contributed by atoms with Crippen LogP contribution in [-0.2, 0) is 6.42 Å². The molecule has 19 heavy (non-hydrogen) atoms. The molecule has 0 radical (unpaired) electrons. The van der Waals surface area contributed by atoms with Crippen molar-refractivity contribution in [3.63, 3.8) is 0 Å². The van der Waals surface area contributed by atoms with Crippen LogP contribution in [0.25, 0.3) is 0 Å². The maximum absolute atomic E-state index is 9.07. The summed E-state index contributed by atoms with van der Waals surface area (Å²) in [5, 5.41) is 12.8. The van der Waals surface area contributed by atoms with Crippen LogP contribution in [-0.4, -0.2) is 18.3 Å². The van der Waals surface area contributed by atoms with Crippen molar-refractivity contribution < 1.29 is 9.52 Å². The molecule has 1 aliphatic rings. The Morgan fingerprint density at radius 1 is 1.53 bits per heavy atom. The van der Waals surface area contributed by atoms with Crippen LogP contribution in [0.5, 0.6) is 0 Å². The van der Waals surface area contributed by atoms with Gasteiger partial charge in [-0.25, -0.2) is 0 Å². The van der Waals surface area contributed by atoms with Crippen molar-refractivity contribution >= 4 is 0 Å². The number of hydrogen-bond acceptors (Lipinski definition) is 3. The molecule has 1 aliphatic carbocycles. The average Bonchev–Trinajstić information content (AvgIpc) is 2.80. The molecule has 1 heterocycles. The Labute approximate surface area is 116 Å². The molecule has 0 aliphatic heterocycles. The van der Waals surface area contributed by atoms with Gasteiger partial charge in [-0.15, -0.1) is 0 Å². The minimum absolute atomic E-state index is 0.285. The first-order valence-electron chi connectivity index (χ1n) is 7.46. The highest BCUT2D eigenvalue weighted by molar-refractivity contribution is 5.26. The van der Waals surface area contributed by atoms with Crippen LogP contribution in [0.4, 0.5) is 0 Å². The lowest BCUT2D eigenvalue weighted by Crippen LogP contribution is -2.35. The highest BCUT2D eigenvalue weighted by Gasteiger charge is 2.34. The minimum Gasteiger partial charge on any atom is -0.469 e. The van der Waals surface area contributed by atoms with E-state index in [1.54, 1.807) is 0 Å². The summed E-state index contributed by atoms with van der Waals surface area (Å²) < 4.78 is 5.62. The summed E-state index contributed by atoms with van der Waals surface area (Å²) in [6.45, 7) is 8.06. The zero-order valence-corrected chi connectivity index (χ0v) is 12.4. The molecule has 0 saturated carbocycles. The molecule has 0 spiro atoms. The van der Waals surface area contributed by atoms with Crippen molar-refractivity contribution in [3.05, 3.63) is 23.7 Å². The SMILES string of the molecule is CCC(CCO)CNC1CC(C)(C)Cc2occc21. The average molecular weight is 265 g/mol. The van der Waals surface area contributed by atoms with E-state index in [0.29, 0.717) is 17.4 Å². The smallest absolute Gasteiger partial charge is 0.109 e. The predicted octanol–water partition coefficient (Wildman–Crippen LogP) is 3.29. The van der Waals surface area contributed by atoms with Gasteiger partial charge in [-0.2, -0.15) is 0 Å². The third-order valence-electron chi connectivity index (χ3n) is 4.32. The Balaban J connectivity index is 2.00. The number of aliphatic hydroxyl groups is 1. The Kier molecular flexibility index (Phi) is 4.69. The molecule has 0 amide bonds. The van der Waals surface area contributed by atoms with Gasteiger partial charge in [-0.1, -0.05) is 27.2 Å². The number of nitrogens with one attached hydrogen (secondary N) is 1. The fourth-order valence-corrected chi connectivity index (χ4v) is 3.10. The molecule has 3 nitrogen and oxygen atoms in total. The van der Waals surface area contributed by atoms with Gasteiger partial charge in [0.1, 0.15) is 5.76 Å². The van der Waals surface area contributed by atoms with Crippen LogP contribution in [0.1, 0.15) is 57.4 Å². The largest absolute Gasteiger partial charge is 0.469 e. The number of furan rings is 1. The van der Waals surface area contributed by atoms with E-state index in [0.717, 1.165) is 38.0 Å². The van der Waals surface area contributed by atoms with E-state index in [2.05, 4.69) is 32.2 Å². The topological polar surface area (TPSA) is 45.4 Å². The number of rotatable bonds is 6. The van der Waals surface area contributed by atoms with Crippen molar-refractivity contribution in [3.8, 4) is 0 Å². The first-order valence-corrected chi connectivity index (χ1v) is 7.46. The summed E-state index contributed by atoms with van der Waals surface area (Å²) in [5.74, 6) is 1.70. The molecule has 0 fully saturated rings. The second-order valence-corrected chi connectivity index (χ2v) is 6.59. The van der Waals surface area contributed by atoms with Crippen LogP contribution in [0.3, 0.4) is 0 Å². The van der Waals surface area contributed by atoms with Crippen LogP contribution in [0, 0.1) is 11.3 Å². The summed E-state index contributed by atoms with van der Waals surface area (Å²) in [5.41, 5.74) is 1.62. The first kappa shape index (κ1) is 14.6. The molecular formula is C16H27NO2. The van der Waals surface area contributed by atoms with Gasteiger partial charge in [0.2, 0.25) is 0 Å². The quantitative estimate of drug-likeness (QED) is 0.829. The fourth-order valence-electron chi connectivity index (χ4n) is 3.10. The van der Waals surface area contributed by atoms with Gasteiger partial charge in [0.05, 0.1) is 6.26 Å². The molecule has 3 heteroatoms. The van der Waals surface area contributed by atoms with E-state index in [9.17, 15) is 0 Å². The number of hydrogen-bond donors (Lipinski definition) is 2. The lowest BCUT2D eigenvalue weighted by molar-refractivity contribution is 0.217. The standard InChI is InChI=1S/C16H27NO2/c1-4-12(5-7-18)11-17-14-9-16(2,3)10-15-13(14)6-8-19-15/h6,8,12,14,17-18H,4-5,7,9-11H2,1-3H3. The van der Waals surface area contributed by atoms with Gasteiger partial charge in [0.25, 0.3) is 0 Å². The lowest BCUT2D eigenvalue weighted by atomic mass is 9.74. The summed E-state index contributed by atoms with van der Waals surface area (Å²) in [7, 11) is 0. The molecule has 108 valence electrons. The van der Waals surface area contributed by atoms with Crippen LogP contribution in [0.15, 0.2) is 16.7 Å². The van der Waals surface area contributed by atoms with E-state index < -0.39 is 0 Å². The molecule has 2 rings (SSSR count). The zero-order chi connectivity index (χ0) is 13.9. The number of fused-ring (bicyclic) bond motifs is 1. The van der Waals surface area contributed by atoms with Crippen molar-refractivity contribution in [2.75, 3.05) is 13.2 Å². The van der Waals surface area contributed by atoms with E-state index in [1.165, 1.54) is 5.56 Å². The van der Waals surface area contributed by atoms with Gasteiger partial charge in [0.15, 0.2) is 0 Å². The molecule has 2 N–H and O–H groups in total. The van der Waals surface area contributed by atoms with Gasteiger partial charge >= 0.3 is 0 Å². The predicted molar refractivity (Wildman–Crippen MR) is 77.0 cm³/mol. The molecule has 0 aromatic carbocycles. The van der Waals surface area contributed by atoms with E-state index in [1.807, 2.05) is 6.26 Å². The van der Waals surface area contributed by atoms with Crippen LogP contribution in [0.2, 0.25) is 0 Å². The van der Waals surface area contributed by atoms with Crippen molar-refractivity contribution in [1.29, 1.82) is 0 Å². The summed E-state index contributed by atoms with van der Waals surface area (Å²) >= 11 is 0. The van der Waals surface area contributed by atoms with E-state index >= 15 is 0 Å². The van der Waals surface area contributed by atoms with Gasteiger partial charge < -0.3 is 14.8 Å². The van der Waals surface area contributed by atoms with Crippen LogP contribution < -0.4 is 5.32 Å². The Hall–Kier alpha value is -0.800. The lowest BCUT2D eigenvalue weighted by Gasteiger charge is -2.35. The maximum Gasteiger partial charge on any atom is 0.109 e. The molecule has 0 saturated heterocycles. The second kappa shape index (κ2) is 6.10. The Morgan fingerprint density at radius 3 is 3.00 bits per heavy atom. The van der Waals surface area contributed by atoms with Crippen molar-refractivity contribution in [2.24, 2.45) is 11.3 Å². The maximum atomic E-state index is 9.07. The Morgan fingerprint density at radius 2 is 2.32 bits per heavy atom. The first-order chi connectivity index (χ1) is 9.05. The molecule has 2 unspecified atom stereocenters. The summed E-state index contributed by atoms with van der Waals surface area (Å²) in [6.07, 6.45) is 5.99. The molecule has 1 aromatic heterocycles. The van der Waals surface area contributed by atoms with Crippen molar-refractivity contribution in [2.45, 2.75) is 52.5 Å². The van der Waals surface area contributed by atoms with Gasteiger partial charge in [-0.3, -0.25) is 0 Å². The Bertz CT molecular complexity index is 397. The molecular weight excluding hydrogens is 238 g/mol. The molecule has 0 bridgehead atoms. The zero-order valence-electron chi connectivity index (χ0n) is 12.4. The fraction of sp³-hybridized carbons (Fsp3) is 0.750. The highest BCUT2D eigenvalue weighted by Crippen LogP contribution is 2.41. The van der Waals surface area contributed by atoms with E-state index in [4.69, 9.17) is 9.52 Å². The normalized spacial score (nSPS) is 23.1. The van der Waals surface area contributed by atoms with Crippen LogP contribution >= 0.6 is 0 Å². The van der Waals surface area contributed by atoms with Gasteiger partial charge in [0, 0.05) is 24.6 Å². The summed E-state index contributed by atoms with van der Waals surface area (Å²) in [6, 6.07) is 2.50. The van der Waals surface area contributed by atoms with E-state index in [-0.39, 0.29) is 6.61 Å². The third-order valence-corrected chi connectivity index (χ3v) is 4.32. The monoisotopic (exact) mass is 265 g/mol. The third kappa shape index (κ3) is 3.61. The van der Waals surface area contributed by atoms with Crippen molar-refractivity contribution in [1.82, 2.24) is 5.32 Å². The minimum atomic E-state index is 0.285.